The minimum atomic E-state index is -0.273. The summed E-state index contributed by atoms with van der Waals surface area (Å²) in [7, 11) is 2.88. The second-order valence-electron chi connectivity index (χ2n) is 2.88. The molecule has 0 saturated carbocycles. The van der Waals surface area contributed by atoms with E-state index in [4.69, 9.17) is 4.74 Å². The van der Waals surface area contributed by atoms with Crippen LogP contribution in [0.3, 0.4) is 0 Å². The van der Waals surface area contributed by atoms with Crippen molar-refractivity contribution in [1.29, 1.82) is 0 Å². The van der Waals surface area contributed by atoms with Gasteiger partial charge in [-0.05, 0) is 13.3 Å². The van der Waals surface area contributed by atoms with Gasteiger partial charge in [-0.3, -0.25) is 9.59 Å². The average molecular weight is 188 g/mol. The molecule has 1 unspecified atom stereocenters. The van der Waals surface area contributed by atoms with Crippen molar-refractivity contribution in [2.75, 3.05) is 14.2 Å². The van der Waals surface area contributed by atoms with Gasteiger partial charge in [0.05, 0.1) is 13.2 Å². The third kappa shape index (κ3) is 6.28. The van der Waals surface area contributed by atoms with Crippen LogP contribution in [0, 0.1) is 0 Å². The Labute approximate surface area is 78.2 Å². The quantitative estimate of drug-likeness (QED) is 0.582. The number of esters is 1. The molecule has 0 aliphatic rings. The van der Waals surface area contributed by atoms with Gasteiger partial charge < -0.3 is 9.47 Å². The van der Waals surface area contributed by atoms with E-state index >= 15 is 0 Å². The highest BCUT2D eigenvalue weighted by molar-refractivity contribution is 5.76. The molecule has 0 rings (SSSR count). The molecule has 0 aromatic carbocycles. The lowest BCUT2D eigenvalue weighted by Crippen LogP contribution is -2.16. The van der Waals surface area contributed by atoms with Gasteiger partial charge in [0, 0.05) is 20.0 Å². The molecule has 0 N–H and O–H groups in total. The summed E-state index contributed by atoms with van der Waals surface area (Å²) in [4.78, 5) is 21.5. The second-order valence-corrected chi connectivity index (χ2v) is 2.88. The molecule has 0 fully saturated rings. The molecule has 0 amide bonds. The van der Waals surface area contributed by atoms with Crippen LogP contribution >= 0.6 is 0 Å². The number of hydrogen-bond donors (Lipinski definition) is 0. The van der Waals surface area contributed by atoms with Gasteiger partial charge in [0.2, 0.25) is 0 Å². The number of hydrogen-bond acceptors (Lipinski definition) is 4. The normalized spacial score (nSPS) is 12.2. The molecular formula is C9H16O4. The van der Waals surface area contributed by atoms with Crippen molar-refractivity contribution in [2.24, 2.45) is 0 Å². The van der Waals surface area contributed by atoms with Crippen LogP contribution in [0.2, 0.25) is 0 Å². The van der Waals surface area contributed by atoms with Gasteiger partial charge in [0.15, 0.2) is 0 Å². The molecule has 0 aromatic heterocycles. The Morgan fingerprint density at radius 2 is 1.92 bits per heavy atom. The summed E-state index contributed by atoms with van der Waals surface area (Å²) in [6, 6.07) is 0. The lowest BCUT2D eigenvalue weighted by molar-refractivity contribution is -0.141. The summed E-state index contributed by atoms with van der Waals surface area (Å²) < 4.78 is 9.50. The van der Waals surface area contributed by atoms with Gasteiger partial charge in [-0.2, -0.15) is 0 Å². The maximum atomic E-state index is 10.8. The molecule has 4 nitrogen and oxygen atoms in total. The Hall–Kier alpha value is -0.900. The summed E-state index contributed by atoms with van der Waals surface area (Å²) in [5.74, 6) is -0.206. The van der Waals surface area contributed by atoms with Crippen molar-refractivity contribution in [2.45, 2.75) is 32.3 Å². The molecule has 0 spiro atoms. The predicted octanol–water partition coefficient (Wildman–Crippen LogP) is 0.934. The number of methoxy groups -OCH3 is 2. The third-order valence-corrected chi connectivity index (χ3v) is 1.75. The van der Waals surface area contributed by atoms with Crippen molar-refractivity contribution in [3.8, 4) is 0 Å². The molecule has 4 heteroatoms. The van der Waals surface area contributed by atoms with Crippen molar-refractivity contribution in [3.05, 3.63) is 0 Å². The number of carbonyl (C=O) groups excluding carboxylic acids is 2. The number of ketones is 1. The average Bonchev–Trinajstić information content (AvgIpc) is 2.10. The SMILES string of the molecule is COC(=O)CCC(CC(C)=O)OC. The fourth-order valence-corrected chi connectivity index (χ4v) is 1.00. The molecule has 0 heterocycles. The summed E-state index contributed by atoms with van der Waals surface area (Å²) in [6.07, 6.45) is 1.01. The second kappa shape index (κ2) is 6.60. The van der Waals surface area contributed by atoms with Crippen LogP contribution in [0.4, 0.5) is 0 Å². The first-order valence-electron chi connectivity index (χ1n) is 4.19. The molecule has 0 aliphatic heterocycles. The van der Waals surface area contributed by atoms with Crippen LogP contribution in [0.15, 0.2) is 0 Å². The van der Waals surface area contributed by atoms with Crippen molar-refractivity contribution in [3.63, 3.8) is 0 Å². The van der Waals surface area contributed by atoms with Crippen LogP contribution < -0.4 is 0 Å². The van der Waals surface area contributed by atoms with E-state index in [0.29, 0.717) is 19.3 Å². The van der Waals surface area contributed by atoms with Gasteiger partial charge in [-0.25, -0.2) is 0 Å². The molecule has 0 saturated heterocycles. The van der Waals surface area contributed by atoms with Gasteiger partial charge in [-0.15, -0.1) is 0 Å². The maximum Gasteiger partial charge on any atom is 0.305 e. The molecule has 13 heavy (non-hydrogen) atoms. The van der Waals surface area contributed by atoms with E-state index in [9.17, 15) is 9.59 Å². The third-order valence-electron chi connectivity index (χ3n) is 1.75. The van der Waals surface area contributed by atoms with E-state index in [0.717, 1.165) is 0 Å². The molecule has 0 aromatic rings. The van der Waals surface area contributed by atoms with Crippen LogP contribution in [0.5, 0.6) is 0 Å². The standard InChI is InChI=1S/C9H16O4/c1-7(10)6-8(12-2)4-5-9(11)13-3/h8H,4-6H2,1-3H3. The number of rotatable bonds is 6. The zero-order chi connectivity index (χ0) is 10.3. The monoisotopic (exact) mass is 188 g/mol. The summed E-state index contributed by atoms with van der Waals surface area (Å²) >= 11 is 0. The Kier molecular flexibility index (Phi) is 6.14. The largest absolute Gasteiger partial charge is 0.469 e. The molecule has 0 radical (unpaired) electrons. The lowest BCUT2D eigenvalue weighted by Gasteiger charge is -2.12. The predicted molar refractivity (Wildman–Crippen MR) is 47.3 cm³/mol. The van der Waals surface area contributed by atoms with Gasteiger partial charge >= 0.3 is 5.97 Å². The summed E-state index contributed by atoms with van der Waals surface area (Å²) in [5, 5.41) is 0. The highest BCUT2D eigenvalue weighted by Gasteiger charge is 2.12. The smallest absolute Gasteiger partial charge is 0.305 e. The van der Waals surface area contributed by atoms with E-state index < -0.39 is 0 Å². The van der Waals surface area contributed by atoms with Crippen molar-refractivity contribution in [1.82, 2.24) is 0 Å². The number of carbonyl (C=O) groups is 2. The van der Waals surface area contributed by atoms with Gasteiger partial charge in [0.25, 0.3) is 0 Å². The fraction of sp³-hybridized carbons (Fsp3) is 0.778. The fourth-order valence-electron chi connectivity index (χ4n) is 1.00. The molecule has 0 bridgehead atoms. The van der Waals surface area contributed by atoms with Crippen LogP contribution in [0.25, 0.3) is 0 Å². The van der Waals surface area contributed by atoms with E-state index in [1.54, 1.807) is 0 Å². The van der Waals surface area contributed by atoms with Gasteiger partial charge in [0.1, 0.15) is 5.78 Å². The Morgan fingerprint density at radius 1 is 1.31 bits per heavy atom. The number of Topliss-reactive ketones (excluding diaryl/α,β-unsaturated/α-hetero) is 1. The van der Waals surface area contributed by atoms with E-state index in [2.05, 4.69) is 4.74 Å². The minimum Gasteiger partial charge on any atom is -0.469 e. The van der Waals surface area contributed by atoms with Crippen LogP contribution in [0.1, 0.15) is 26.2 Å². The van der Waals surface area contributed by atoms with E-state index in [1.807, 2.05) is 0 Å². The van der Waals surface area contributed by atoms with Crippen molar-refractivity contribution < 1.29 is 19.1 Å². The molecule has 76 valence electrons. The van der Waals surface area contributed by atoms with Crippen molar-refractivity contribution >= 4 is 11.8 Å². The van der Waals surface area contributed by atoms with Crippen LogP contribution in [-0.2, 0) is 19.1 Å². The summed E-state index contributed by atoms with van der Waals surface area (Å²) in [5.41, 5.74) is 0. The Morgan fingerprint density at radius 3 is 2.31 bits per heavy atom. The molecular weight excluding hydrogens is 172 g/mol. The lowest BCUT2D eigenvalue weighted by atomic mass is 10.1. The zero-order valence-corrected chi connectivity index (χ0v) is 8.33. The topological polar surface area (TPSA) is 52.6 Å². The van der Waals surface area contributed by atoms with E-state index in [-0.39, 0.29) is 17.9 Å². The number of ether oxygens (including phenoxy) is 2. The van der Waals surface area contributed by atoms with Crippen LogP contribution in [-0.4, -0.2) is 32.1 Å². The highest BCUT2D eigenvalue weighted by Crippen LogP contribution is 2.07. The zero-order valence-electron chi connectivity index (χ0n) is 8.33. The first-order chi connectivity index (χ1) is 6.10. The van der Waals surface area contributed by atoms with E-state index in [1.165, 1.54) is 21.1 Å². The molecule has 1 atom stereocenters. The Balaban J connectivity index is 3.71. The van der Waals surface area contributed by atoms with Gasteiger partial charge in [-0.1, -0.05) is 0 Å². The summed E-state index contributed by atoms with van der Waals surface area (Å²) in [6.45, 7) is 1.50. The highest BCUT2D eigenvalue weighted by atomic mass is 16.5. The Bertz CT molecular complexity index is 176. The molecule has 0 aliphatic carbocycles. The first kappa shape index (κ1) is 12.1. The minimum absolute atomic E-state index is 0.0664. The first-order valence-corrected chi connectivity index (χ1v) is 4.19. The maximum absolute atomic E-state index is 10.8.